The van der Waals surface area contributed by atoms with E-state index in [9.17, 15) is 0 Å². The van der Waals surface area contributed by atoms with Crippen molar-refractivity contribution >= 4 is 47.5 Å². The van der Waals surface area contributed by atoms with Crippen molar-refractivity contribution in [3.63, 3.8) is 0 Å². The summed E-state index contributed by atoms with van der Waals surface area (Å²) in [5.41, 5.74) is 0.143. The molecule has 0 aromatic heterocycles. The van der Waals surface area contributed by atoms with Gasteiger partial charge >= 0.3 is 14.2 Å². The monoisotopic (exact) mass is 414 g/mol. The topological polar surface area (TPSA) is 36.9 Å². The van der Waals surface area contributed by atoms with Gasteiger partial charge in [-0.2, -0.15) is 0 Å². The SMILES string of the molecule is CC1(C)OB(c2cccc3cc(Cl)cc(B4OC(C)(C)C(C)(C)O4)c23)OC1(C)C. The maximum Gasteiger partial charge on any atom is 0.495 e. The van der Waals surface area contributed by atoms with E-state index in [0.717, 1.165) is 21.7 Å². The second-order valence-corrected chi connectivity index (χ2v) is 10.6. The van der Waals surface area contributed by atoms with Crippen molar-refractivity contribution in [2.24, 2.45) is 0 Å². The molecular formula is C22H29B2ClO4. The molecule has 0 amide bonds. The average Bonchev–Trinajstić information content (AvgIpc) is 2.93. The van der Waals surface area contributed by atoms with E-state index in [4.69, 9.17) is 30.2 Å². The van der Waals surface area contributed by atoms with Gasteiger partial charge in [0.1, 0.15) is 0 Å². The van der Waals surface area contributed by atoms with E-state index in [1.165, 1.54) is 0 Å². The zero-order valence-corrected chi connectivity index (χ0v) is 19.3. The van der Waals surface area contributed by atoms with Crippen molar-refractivity contribution in [2.75, 3.05) is 0 Å². The minimum Gasteiger partial charge on any atom is -0.399 e. The number of hydrogen-bond acceptors (Lipinski definition) is 4. The third-order valence-electron chi connectivity index (χ3n) is 7.02. The first-order chi connectivity index (χ1) is 13.2. The van der Waals surface area contributed by atoms with Crippen LogP contribution in [0.25, 0.3) is 10.8 Å². The van der Waals surface area contributed by atoms with Gasteiger partial charge in [-0.1, -0.05) is 29.8 Å². The molecule has 0 aliphatic carbocycles. The van der Waals surface area contributed by atoms with Crippen LogP contribution in [0.5, 0.6) is 0 Å². The molecule has 0 atom stereocenters. The van der Waals surface area contributed by atoms with Gasteiger partial charge in [-0.05, 0) is 89.2 Å². The summed E-state index contributed by atoms with van der Waals surface area (Å²) in [6, 6.07) is 9.99. The van der Waals surface area contributed by atoms with Gasteiger partial charge in [0.15, 0.2) is 0 Å². The molecule has 154 valence electrons. The number of rotatable bonds is 2. The molecule has 4 nitrogen and oxygen atoms in total. The smallest absolute Gasteiger partial charge is 0.399 e. The predicted octanol–water partition coefficient (Wildman–Crippen LogP) is 4.09. The van der Waals surface area contributed by atoms with Crippen molar-refractivity contribution in [1.82, 2.24) is 0 Å². The van der Waals surface area contributed by atoms with E-state index in [1.807, 2.05) is 30.3 Å². The van der Waals surface area contributed by atoms with E-state index >= 15 is 0 Å². The Morgan fingerprint density at radius 1 is 0.655 bits per heavy atom. The molecule has 4 rings (SSSR count). The zero-order chi connectivity index (χ0) is 21.4. The highest BCUT2D eigenvalue weighted by atomic mass is 35.5. The fourth-order valence-electron chi connectivity index (χ4n) is 3.78. The van der Waals surface area contributed by atoms with Gasteiger partial charge < -0.3 is 18.6 Å². The molecule has 2 heterocycles. The van der Waals surface area contributed by atoms with Crippen LogP contribution in [0.4, 0.5) is 0 Å². The van der Waals surface area contributed by atoms with Gasteiger partial charge in [-0.25, -0.2) is 0 Å². The molecule has 2 aromatic carbocycles. The molecule has 0 spiro atoms. The molecule has 0 N–H and O–H groups in total. The Morgan fingerprint density at radius 2 is 1.10 bits per heavy atom. The summed E-state index contributed by atoms with van der Waals surface area (Å²) < 4.78 is 25.4. The fourth-order valence-corrected chi connectivity index (χ4v) is 4.01. The van der Waals surface area contributed by atoms with Crippen LogP contribution in [-0.4, -0.2) is 36.6 Å². The van der Waals surface area contributed by atoms with Crippen LogP contribution in [-0.2, 0) is 18.6 Å². The summed E-state index contributed by atoms with van der Waals surface area (Å²) in [5.74, 6) is 0. The summed E-state index contributed by atoms with van der Waals surface area (Å²) in [5, 5.41) is 2.66. The van der Waals surface area contributed by atoms with E-state index in [0.29, 0.717) is 5.02 Å². The maximum atomic E-state index is 6.47. The van der Waals surface area contributed by atoms with Crippen LogP contribution in [0.3, 0.4) is 0 Å². The zero-order valence-electron chi connectivity index (χ0n) is 18.6. The summed E-state index contributed by atoms with van der Waals surface area (Å²) in [7, 11) is -1.00. The minimum absolute atomic E-state index is 0.420. The maximum absolute atomic E-state index is 6.47. The highest BCUT2D eigenvalue weighted by molar-refractivity contribution is 6.71. The number of benzene rings is 2. The largest absolute Gasteiger partial charge is 0.495 e. The fraction of sp³-hybridized carbons (Fsp3) is 0.545. The second kappa shape index (κ2) is 6.48. The van der Waals surface area contributed by atoms with E-state index < -0.39 is 36.6 Å². The highest BCUT2D eigenvalue weighted by Crippen LogP contribution is 2.39. The molecule has 7 heteroatoms. The van der Waals surface area contributed by atoms with Crippen molar-refractivity contribution in [2.45, 2.75) is 77.8 Å². The van der Waals surface area contributed by atoms with Crippen molar-refractivity contribution in [3.05, 3.63) is 35.4 Å². The Kier molecular flexibility index (Phi) is 4.74. The first-order valence-electron chi connectivity index (χ1n) is 10.2. The van der Waals surface area contributed by atoms with Gasteiger partial charge in [-0.3, -0.25) is 0 Å². The molecule has 2 aromatic rings. The van der Waals surface area contributed by atoms with Gasteiger partial charge in [0.2, 0.25) is 0 Å². The van der Waals surface area contributed by atoms with Crippen molar-refractivity contribution in [1.29, 1.82) is 0 Å². The van der Waals surface area contributed by atoms with Crippen LogP contribution in [0.1, 0.15) is 55.4 Å². The first kappa shape index (κ1) is 21.2. The molecule has 29 heavy (non-hydrogen) atoms. The summed E-state index contributed by atoms with van der Waals surface area (Å²) in [4.78, 5) is 0. The number of halogens is 1. The Morgan fingerprint density at radius 3 is 1.59 bits per heavy atom. The number of fused-ring (bicyclic) bond motifs is 1. The lowest BCUT2D eigenvalue weighted by Crippen LogP contribution is -2.41. The lowest BCUT2D eigenvalue weighted by molar-refractivity contribution is 0.00578. The minimum atomic E-state index is -0.523. The molecule has 2 fully saturated rings. The molecule has 2 saturated heterocycles. The van der Waals surface area contributed by atoms with Crippen LogP contribution in [0.2, 0.25) is 5.02 Å². The Hall–Kier alpha value is -1.04. The van der Waals surface area contributed by atoms with Gasteiger partial charge in [0.25, 0.3) is 0 Å². The second-order valence-electron chi connectivity index (χ2n) is 10.1. The van der Waals surface area contributed by atoms with Gasteiger partial charge in [-0.15, -0.1) is 0 Å². The molecule has 2 aliphatic rings. The van der Waals surface area contributed by atoms with Gasteiger partial charge in [0.05, 0.1) is 22.4 Å². The normalized spacial score (nSPS) is 24.4. The van der Waals surface area contributed by atoms with Crippen LogP contribution >= 0.6 is 11.6 Å². The van der Waals surface area contributed by atoms with E-state index in [2.05, 4.69) is 55.4 Å². The number of hydrogen-bond donors (Lipinski definition) is 0. The summed E-state index contributed by atoms with van der Waals surface area (Å²) in [6.45, 7) is 16.4. The Balaban J connectivity index is 1.87. The quantitative estimate of drug-likeness (QED) is 0.694. The lowest BCUT2D eigenvalue weighted by atomic mass is 9.68. The lowest BCUT2D eigenvalue weighted by Gasteiger charge is -2.32. The molecule has 0 bridgehead atoms. The van der Waals surface area contributed by atoms with Gasteiger partial charge in [0, 0.05) is 5.02 Å². The Bertz CT molecular complexity index is 939. The first-order valence-corrected chi connectivity index (χ1v) is 10.6. The molecular weight excluding hydrogens is 385 g/mol. The van der Waals surface area contributed by atoms with E-state index in [1.54, 1.807) is 0 Å². The summed E-state index contributed by atoms with van der Waals surface area (Å²) >= 11 is 6.47. The van der Waals surface area contributed by atoms with Crippen molar-refractivity contribution in [3.8, 4) is 0 Å². The van der Waals surface area contributed by atoms with Crippen LogP contribution in [0, 0.1) is 0 Å². The van der Waals surface area contributed by atoms with Crippen LogP contribution < -0.4 is 10.9 Å². The van der Waals surface area contributed by atoms with Crippen molar-refractivity contribution < 1.29 is 18.6 Å². The summed E-state index contributed by atoms with van der Waals surface area (Å²) in [6.07, 6.45) is 0. The Labute approximate surface area is 179 Å². The molecule has 2 aliphatic heterocycles. The van der Waals surface area contributed by atoms with E-state index in [-0.39, 0.29) is 0 Å². The third kappa shape index (κ3) is 3.34. The van der Waals surface area contributed by atoms with Crippen LogP contribution in [0.15, 0.2) is 30.3 Å². The third-order valence-corrected chi connectivity index (χ3v) is 7.24. The standard InChI is InChI=1S/C22H29B2ClO4/c1-19(2)20(3,4)27-23(26-19)16-11-9-10-14-12-15(25)13-17(18(14)16)24-28-21(5,6)22(7,8)29-24/h9-13H,1-8H3. The highest BCUT2D eigenvalue weighted by Gasteiger charge is 2.54. The average molecular weight is 415 g/mol. The molecule has 0 saturated carbocycles. The molecule has 0 radical (unpaired) electrons. The molecule has 0 unspecified atom stereocenters. The predicted molar refractivity (Wildman–Crippen MR) is 120 cm³/mol.